The molecule has 4 heteroatoms. The molecule has 4 nitrogen and oxygen atoms in total. The molecule has 2 aliphatic rings. The van der Waals surface area contributed by atoms with Gasteiger partial charge in [-0.3, -0.25) is 9.59 Å². The number of amides is 1. The van der Waals surface area contributed by atoms with Crippen molar-refractivity contribution < 1.29 is 14.7 Å². The molecule has 0 bridgehead atoms. The zero-order valence-electron chi connectivity index (χ0n) is 8.69. The Hall–Kier alpha value is -1.32. The zero-order chi connectivity index (χ0) is 11.1. The maximum Gasteiger partial charge on any atom is 0.310 e. The van der Waals surface area contributed by atoms with E-state index in [0.29, 0.717) is 6.42 Å². The van der Waals surface area contributed by atoms with Gasteiger partial charge in [-0.05, 0) is 19.3 Å². The van der Waals surface area contributed by atoms with Gasteiger partial charge in [0.2, 0.25) is 5.91 Å². The standard InChI is InChI=1S/C11H15NO3/c1-11(4-5-11)10(15)12-8-3-2-7(6-8)9(13)14/h2-3,7-8H,4-6H2,1H3,(H,12,15)(H,13,14). The van der Waals surface area contributed by atoms with Crippen LogP contribution in [0.15, 0.2) is 12.2 Å². The molecule has 82 valence electrons. The molecule has 0 spiro atoms. The van der Waals surface area contributed by atoms with E-state index in [1.807, 2.05) is 6.92 Å². The molecular weight excluding hydrogens is 194 g/mol. The molecule has 0 aromatic carbocycles. The smallest absolute Gasteiger partial charge is 0.310 e. The van der Waals surface area contributed by atoms with Crippen LogP contribution >= 0.6 is 0 Å². The fourth-order valence-corrected chi connectivity index (χ4v) is 1.75. The summed E-state index contributed by atoms with van der Waals surface area (Å²) in [6.07, 6.45) is 5.80. The van der Waals surface area contributed by atoms with Crippen LogP contribution in [0.25, 0.3) is 0 Å². The molecule has 0 heterocycles. The van der Waals surface area contributed by atoms with E-state index in [4.69, 9.17) is 5.11 Å². The molecule has 0 radical (unpaired) electrons. The molecule has 0 aromatic rings. The minimum atomic E-state index is -0.819. The van der Waals surface area contributed by atoms with E-state index < -0.39 is 11.9 Å². The van der Waals surface area contributed by atoms with Crippen molar-refractivity contribution in [1.82, 2.24) is 5.32 Å². The normalized spacial score (nSPS) is 31.3. The number of carboxylic acids is 1. The van der Waals surface area contributed by atoms with Gasteiger partial charge in [-0.25, -0.2) is 0 Å². The monoisotopic (exact) mass is 209 g/mol. The van der Waals surface area contributed by atoms with Crippen molar-refractivity contribution >= 4 is 11.9 Å². The number of nitrogens with one attached hydrogen (secondary N) is 1. The molecule has 1 fully saturated rings. The van der Waals surface area contributed by atoms with Crippen LogP contribution in [0.5, 0.6) is 0 Å². The van der Waals surface area contributed by atoms with Gasteiger partial charge in [-0.2, -0.15) is 0 Å². The minimum absolute atomic E-state index is 0.0585. The Balaban J connectivity index is 1.85. The second kappa shape index (κ2) is 3.36. The second-order valence-corrected chi connectivity index (χ2v) is 4.71. The molecule has 2 N–H and O–H groups in total. The Morgan fingerprint density at radius 1 is 1.40 bits per heavy atom. The van der Waals surface area contributed by atoms with E-state index in [0.717, 1.165) is 12.8 Å². The SMILES string of the molecule is CC1(C(=O)NC2C=CC(C(=O)O)C2)CC1. The van der Waals surface area contributed by atoms with Crippen molar-refractivity contribution in [3.63, 3.8) is 0 Å². The third kappa shape index (κ3) is 2.03. The van der Waals surface area contributed by atoms with Crippen molar-refractivity contribution in [2.45, 2.75) is 32.2 Å². The molecule has 0 saturated heterocycles. The average molecular weight is 209 g/mol. The first-order valence-corrected chi connectivity index (χ1v) is 5.23. The Morgan fingerprint density at radius 3 is 2.53 bits per heavy atom. The van der Waals surface area contributed by atoms with Gasteiger partial charge >= 0.3 is 5.97 Å². The van der Waals surface area contributed by atoms with Gasteiger partial charge in [0.25, 0.3) is 0 Å². The number of rotatable bonds is 3. The van der Waals surface area contributed by atoms with Crippen molar-refractivity contribution in [3.05, 3.63) is 12.2 Å². The maximum atomic E-state index is 11.7. The number of carboxylic acid groups (broad SMARTS) is 1. The summed E-state index contributed by atoms with van der Waals surface area (Å²) in [5, 5.41) is 11.7. The van der Waals surface area contributed by atoms with E-state index in [9.17, 15) is 9.59 Å². The molecule has 1 saturated carbocycles. The summed E-state index contributed by atoms with van der Waals surface area (Å²) in [5.41, 5.74) is -0.185. The third-order valence-electron chi connectivity index (χ3n) is 3.27. The van der Waals surface area contributed by atoms with Crippen LogP contribution in [-0.4, -0.2) is 23.0 Å². The highest BCUT2D eigenvalue weighted by Crippen LogP contribution is 2.45. The lowest BCUT2D eigenvalue weighted by Crippen LogP contribution is -2.37. The highest BCUT2D eigenvalue weighted by atomic mass is 16.4. The molecule has 0 aliphatic heterocycles. The summed E-state index contributed by atoms with van der Waals surface area (Å²) in [7, 11) is 0. The van der Waals surface area contributed by atoms with E-state index in [1.165, 1.54) is 0 Å². The van der Waals surface area contributed by atoms with Gasteiger partial charge in [-0.15, -0.1) is 0 Å². The molecular formula is C11H15NO3. The van der Waals surface area contributed by atoms with Gasteiger partial charge in [0.05, 0.1) is 5.92 Å². The Labute approximate surface area is 88.4 Å². The predicted molar refractivity (Wildman–Crippen MR) is 54.2 cm³/mol. The number of hydrogen-bond acceptors (Lipinski definition) is 2. The van der Waals surface area contributed by atoms with Crippen LogP contribution in [-0.2, 0) is 9.59 Å². The summed E-state index contributed by atoms with van der Waals surface area (Å²) in [6, 6.07) is -0.101. The Morgan fingerprint density at radius 2 is 2.07 bits per heavy atom. The summed E-state index contributed by atoms with van der Waals surface area (Å²) in [5.74, 6) is -1.20. The van der Waals surface area contributed by atoms with Gasteiger partial charge in [-0.1, -0.05) is 19.1 Å². The fraction of sp³-hybridized carbons (Fsp3) is 0.636. The van der Waals surface area contributed by atoms with Gasteiger partial charge in [0, 0.05) is 11.5 Å². The molecule has 2 rings (SSSR count). The van der Waals surface area contributed by atoms with Crippen LogP contribution in [0, 0.1) is 11.3 Å². The highest BCUT2D eigenvalue weighted by molar-refractivity contribution is 5.85. The first-order valence-electron chi connectivity index (χ1n) is 5.23. The molecule has 2 unspecified atom stereocenters. The predicted octanol–water partition coefficient (Wildman–Crippen LogP) is 0.932. The summed E-state index contributed by atoms with van der Waals surface area (Å²) in [6.45, 7) is 1.94. The summed E-state index contributed by atoms with van der Waals surface area (Å²) in [4.78, 5) is 22.3. The van der Waals surface area contributed by atoms with E-state index in [2.05, 4.69) is 5.32 Å². The molecule has 2 aliphatic carbocycles. The molecule has 2 atom stereocenters. The van der Waals surface area contributed by atoms with E-state index >= 15 is 0 Å². The Bertz CT molecular complexity index is 331. The lowest BCUT2D eigenvalue weighted by atomic mass is 10.1. The maximum absolute atomic E-state index is 11.7. The Kier molecular flexibility index (Phi) is 2.29. The van der Waals surface area contributed by atoms with Crippen LogP contribution in [0.1, 0.15) is 26.2 Å². The highest BCUT2D eigenvalue weighted by Gasteiger charge is 2.45. The second-order valence-electron chi connectivity index (χ2n) is 4.71. The number of carbonyl (C=O) groups excluding carboxylic acids is 1. The van der Waals surface area contributed by atoms with Crippen LogP contribution < -0.4 is 5.32 Å². The fourth-order valence-electron chi connectivity index (χ4n) is 1.75. The topological polar surface area (TPSA) is 66.4 Å². The quantitative estimate of drug-likeness (QED) is 0.679. The molecule has 15 heavy (non-hydrogen) atoms. The number of aliphatic carboxylic acids is 1. The third-order valence-corrected chi connectivity index (χ3v) is 3.27. The van der Waals surface area contributed by atoms with Crippen molar-refractivity contribution in [2.75, 3.05) is 0 Å². The van der Waals surface area contributed by atoms with Crippen molar-refractivity contribution in [2.24, 2.45) is 11.3 Å². The van der Waals surface area contributed by atoms with Crippen LogP contribution in [0.4, 0.5) is 0 Å². The molecule has 0 aromatic heterocycles. The lowest BCUT2D eigenvalue weighted by Gasteiger charge is -2.15. The van der Waals surface area contributed by atoms with Gasteiger partial charge < -0.3 is 10.4 Å². The molecule has 1 amide bonds. The largest absolute Gasteiger partial charge is 0.481 e. The number of carbonyl (C=O) groups is 2. The van der Waals surface area contributed by atoms with Crippen LogP contribution in [0.2, 0.25) is 0 Å². The lowest BCUT2D eigenvalue weighted by molar-refractivity contribution is -0.140. The zero-order valence-corrected chi connectivity index (χ0v) is 8.69. The van der Waals surface area contributed by atoms with Crippen LogP contribution in [0.3, 0.4) is 0 Å². The van der Waals surface area contributed by atoms with E-state index in [1.54, 1.807) is 12.2 Å². The number of hydrogen-bond donors (Lipinski definition) is 2. The minimum Gasteiger partial charge on any atom is -0.481 e. The first-order chi connectivity index (χ1) is 7.01. The van der Waals surface area contributed by atoms with E-state index in [-0.39, 0.29) is 17.4 Å². The average Bonchev–Trinajstić information content (AvgIpc) is 2.76. The van der Waals surface area contributed by atoms with Crippen molar-refractivity contribution in [3.8, 4) is 0 Å². The first kappa shape index (κ1) is 10.2. The van der Waals surface area contributed by atoms with Gasteiger partial charge in [0.1, 0.15) is 0 Å². The summed E-state index contributed by atoms with van der Waals surface area (Å²) >= 11 is 0. The van der Waals surface area contributed by atoms with Gasteiger partial charge in [0.15, 0.2) is 0 Å². The van der Waals surface area contributed by atoms with Crippen molar-refractivity contribution in [1.29, 1.82) is 0 Å². The summed E-state index contributed by atoms with van der Waals surface area (Å²) < 4.78 is 0.